The molecule has 0 radical (unpaired) electrons. The Morgan fingerprint density at radius 2 is 1.92 bits per heavy atom. The molecule has 0 unspecified atom stereocenters. The summed E-state index contributed by atoms with van der Waals surface area (Å²) in [5.41, 5.74) is 1.82. The van der Waals surface area contributed by atoms with Gasteiger partial charge in [0, 0.05) is 24.7 Å². The third kappa shape index (κ3) is 3.32. The largest absolute Gasteiger partial charge is 0.346 e. The van der Waals surface area contributed by atoms with Crippen LogP contribution in [0, 0.1) is 11.6 Å². The SMILES string of the molecule is Cn1nc(C(=O)NCc2ccccc2F)cc1-c1cccc(F)c1. The van der Waals surface area contributed by atoms with Crippen LogP contribution < -0.4 is 5.32 Å². The van der Waals surface area contributed by atoms with Crippen LogP contribution in [0.1, 0.15) is 16.1 Å². The molecule has 24 heavy (non-hydrogen) atoms. The fourth-order valence-electron chi connectivity index (χ4n) is 2.40. The van der Waals surface area contributed by atoms with Gasteiger partial charge in [0.25, 0.3) is 5.91 Å². The number of halogens is 2. The van der Waals surface area contributed by atoms with E-state index in [4.69, 9.17) is 0 Å². The Kier molecular flexibility index (Phi) is 4.37. The van der Waals surface area contributed by atoms with Gasteiger partial charge in [0.1, 0.15) is 11.6 Å². The van der Waals surface area contributed by atoms with E-state index in [9.17, 15) is 13.6 Å². The van der Waals surface area contributed by atoms with Crippen molar-refractivity contribution < 1.29 is 13.6 Å². The van der Waals surface area contributed by atoms with E-state index in [1.54, 1.807) is 43.4 Å². The van der Waals surface area contributed by atoms with Gasteiger partial charge >= 0.3 is 0 Å². The molecule has 0 atom stereocenters. The van der Waals surface area contributed by atoms with Crippen molar-refractivity contribution in [3.05, 3.63) is 77.5 Å². The summed E-state index contributed by atoms with van der Waals surface area (Å²) < 4.78 is 28.4. The zero-order valence-corrected chi connectivity index (χ0v) is 13.0. The molecule has 3 aromatic rings. The van der Waals surface area contributed by atoms with Crippen LogP contribution in [0.15, 0.2) is 54.6 Å². The molecule has 0 bridgehead atoms. The number of nitrogens with one attached hydrogen (secondary N) is 1. The second kappa shape index (κ2) is 6.62. The second-order valence-corrected chi connectivity index (χ2v) is 5.32. The van der Waals surface area contributed by atoms with Crippen LogP contribution in [0.4, 0.5) is 8.78 Å². The number of hydrogen-bond donors (Lipinski definition) is 1. The van der Waals surface area contributed by atoms with Crippen molar-refractivity contribution in [2.45, 2.75) is 6.54 Å². The van der Waals surface area contributed by atoms with Gasteiger partial charge in [-0.15, -0.1) is 0 Å². The molecule has 0 saturated heterocycles. The average molecular weight is 327 g/mol. The summed E-state index contributed by atoms with van der Waals surface area (Å²) in [4.78, 5) is 12.2. The predicted molar refractivity (Wildman–Crippen MR) is 86.2 cm³/mol. The van der Waals surface area contributed by atoms with E-state index in [1.807, 2.05) is 0 Å². The number of carbonyl (C=O) groups is 1. The van der Waals surface area contributed by atoms with Gasteiger partial charge in [-0.25, -0.2) is 8.78 Å². The smallest absolute Gasteiger partial charge is 0.272 e. The number of aryl methyl sites for hydroxylation is 1. The highest BCUT2D eigenvalue weighted by atomic mass is 19.1. The molecular formula is C18H15F2N3O. The lowest BCUT2D eigenvalue weighted by Gasteiger charge is -2.04. The lowest BCUT2D eigenvalue weighted by molar-refractivity contribution is 0.0945. The monoisotopic (exact) mass is 327 g/mol. The fourth-order valence-corrected chi connectivity index (χ4v) is 2.40. The third-order valence-electron chi connectivity index (χ3n) is 3.63. The molecule has 1 N–H and O–H groups in total. The number of hydrogen-bond acceptors (Lipinski definition) is 2. The van der Waals surface area contributed by atoms with Gasteiger partial charge in [-0.1, -0.05) is 30.3 Å². The minimum absolute atomic E-state index is 0.0668. The van der Waals surface area contributed by atoms with Crippen LogP contribution in [0.3, 0.4) is 0 Å². The number of carbonyl (C=O) groups excluding carboxylic acids is 1. The van der Waals surface area contributed by atoms with E-state index >= 15 is 0 Å². The van der Waals surface area contributed by atoms with Crippen molar-refractivity contribution >= 4 is 5.91 Å². The van der Waals surface area contributed by atoms with Gasteiger partial charge in [-0.05, 0) is 24.3 Å². The molecule has 1 aromatic heterocycles. The molecule has 2 aromatic carbocycles. The van der Waals surface area contributed by atoms with Crippen molar-refractivity contribution in [3.8, 4) is 11.3 Å². The van der Waals surface area contributed by atoms with Crippen LogP contribution in [0.25, 0.3) is 11.3 Å². The number of benzene rings is 2. The Labute approximate surface area is 137 Å². The van der Waals surface area contributed by atoms with Crippen molar-refractivity contribution in [1.82, 2.24) is 15.1 Å². The first-order valence-corrected chi connectivity index (χ1v) is 7.36. The first-order chi connectivity index (χ1) is 11.5. The minimum Gasteiger partial charge on any atom is -0.346 e. The highest BCUT2D eigenvalue weighted by molar-refractivity contribution is 5.93. The molecule has 6 heteroatoms. The van der Waals surface area contributed by atoms with Crippen LogP contribution in [-0.2, 0) is 13.6 Å². The van der Waals surface area contributed by atoms with E-state index in [-0.39, 0.29) is 23.9 Å². The Morgan fingerprint density at radius 1 is 1.12 bits per heavy atom. The Morgan fingerprint density at radius 3 is 2.67 bits per heavy atom. The van der Waals surface area contributed by atoms with Gasteiger partial charge in [-0.3, -0.25) is 9.48 Å². The standard InChI is InChI=1S/C18H15F2N3O/c1-23-17(12-6-4-7-14(19)9-12)10-16(22-23)18(24)21-11-13-5-2-3-8-15(13)20/h2-10H,11H2,1H3,(H,21,24). The molecule has 0 fully saturated rings. The maximum atomic E-state index is 13.6. The summed E-state index contributed by atoms with van der Waals surface area (Å²) in [5.74, 6) is -1.16. The number of nitrogens with zero attached hydrogens (tertiary/aromatic N) is 2. The summed E-state index contributed by atoms with van der Waals surface area (Å²) in [6.45, 7) is 0.0668. The summed E-state index contributed by atoms with van der Waals surface area (Å²) >= 11 is 0. The topological polar surface area (TPSA) is 46.9 Å². The normalized spacial score (nSPS) is 10.6. The zero-order valence-electron chi connectivity index (χ0n) is 13.0. The van der Waals surface area contributed by atoms with E-state index in [0.29, 0.717) is 16.8 Å². The molecule has 0 aliphatic heterocycles. The van der Waals surface area contributed by atoms with Crippen LogP contribution >= 0.6 is 0 Å². The highest BCUT2D eigenvalue weighted by Gasteiger charge is 2.14. The first kappa shape index (κ1) is 15.9. The Balaban J connectivity index is 1.77. The Bertz CT molecular complexity index is 889. The van der Waals surface area contributed by atoms with Crippen LogP contribution in [-0.4, -0.2) is 15.7 Å². The number of aromatic nitrogens is 2. The molecule has 0 aliphatic rings. The predicted octanol–water partition coefficient (Wildman–Crippen LogP) is 3.30. The van der Waals surface area contributed by atoms with Gasteiger partial charge in [-0.2, -0.15) is 5.10 Å². The number of rotatable bonds is 4. The molecule has 1 heterocycles. The first-order valence-electron chi connectivity index (χ1n) is 7.36. The molecule has 0 saturated carbocycles. The maximum absolute atomic E-state index is 13.6. The van der Waals surface area contributed by atoms with E-state index < -0.39 is 5.91 Å². The summed E-state index contributed by atoms with van der Waals surface area (Å²) in [7, 11) is 1.67. The maximum Gasteiger partial charge on any atom is 0.272 e. The average Bonchev–Trinajstić information content (AvgIpc) is 2.96. The quantitative estimate of drug-likeness (QED) is 0.799. The molecular weight excluding hydrogens is 312 g/mol. The van der Waals surface area contributed by atoms with Crippen LogP contribution in [0.2, 0.25) is 0 Å². The number of amides is 1. The summed E-state index contributed by atoms with van der Waals surface area (Å²) in [6.07, 6.45) is 0. The third-order valence-corrected chi connectivity index (χ3v) is 3.63. The van der Waals surface area contributed by atoms with E-state index in [0.717, 1.165) is 0 Å². The van der Waals surface area contributed by atoms with Gasteiger partial charge in [0.15, 0.2) is 5.69 Å². The molecule has 122 valence electrons. The van der Waals surface area contributed by atoms with Crippen molar-refractivity contribution in [1.29, 1.82) is 0 Å². The van der Waals surface area contributed by atoms with Crippen molar-refractivity contribution in [3.63, 3.8) is 0 Å². The second-order valence-electron chi connectivity index (χ2n) is 5.32. The van der Waals surface area contributed by atoms with Gasteiger partial charge < -0.3 is 5.32 Å². The molecule has 0 spiro atoms. The summed E-state index contributed by atoms with van der Waals surface area (Å²) in [6, 6.07) is 13.9. The van der Waals surface area contributed by atoms with Crippen molar-refractivity contribution in [2.75, 3.05) is 0 Å². The molecule has 3 rings (SSSR count). The minimum atomic E-state index is -0.420. The molecule has 4 nitrogen and oxygen atoms in total. The molecule has 1 amide bonds. The van der Waals surface area contributed by atoms with E-state index in [2.05, 4.69) is 10.4 Å². The summed E-state index contributed by atoms with van der Waals surface area (Å²) in [5, 5.41) is 6.77. The zero-order chi connectivity index (χ0) is 17.1. The lowest BCUT2D eigenvalue weighted by Crippen LogP contribution is -2.23. The fraction of sp³-hybridized carbons (Fsp3) is 0.111. The molecule has 0 aliphatic carbocycles. The van der Waals surface area contributed by atoms with Crippen LogP contribution in [0.5, 0.6) is 0 Å². The highest BCUT2D eigenvalue weighted by Crippen LogP contribution is 2.20. The lowest BCUT2D eigenvalue weighted by atomic mass is 10.1. The Hall–Kier alpha value is -3.02. The van der Waals surface area contributed by atoms with E-state index in [1.165, 1.54) is 22.9 Å². The van der Waals surface area contributed by atoms with Gasteiger partial charge in [0.2, 0.25) is 0 Å². The van der Waals surface area contributed by atoms with Crippen molar-refractivity contribution in [2.24, 2.45) is 7.05 Å². The van der Waals surface area contributed by atoms with Gasteiger partial charge in [0.05, 0.1) is 5.69 Å².